The van der Waals surface area contributed by atoms with Crippen LogP contribution in [0.15, 0.2) is 280 Å². The van der Waals surface area contributed by atoms with Gasteiger partial charge in [-0.3, -0.25) is 0 Å². The summed E-state index contributed by atoms with van der Waals surface area (Å²) in [4.78, 5) is 10.0. The SMILES string of the molecule is CC1(C)c2cc3c(cc2-c2cc4c5ccccc5n(-c5ccc(-c6ccc(N(c7ccc(-c8ccccc8)cc7)c7ccc(N(c8ccccc8)c8ccccc8)cc7)cc6)cc5)c4cc21)Sc1ccccc1S3.CCC. The highest BCUT2D eigenvalue weighted by Crippen LogP contribution is 2.57. The third-order valence-corrected chi connectivity index (χ3v) is 17.6. The van der Waals surface area contributed by atoms with Crippen LogP contribution in [-0.4, -0.2) is 4.57 Å². The summed E-state index contributed by atoms with van der Waals surface area (Å²) in [5.74, 6) is 0. The fraction of sp³-hybridized carbons (Fsp3) is 0.0833. The van der Waals surface area contributed by atoms with Gasteiger partial charge in [-0.2, -0.15) is 0 Å². The first-order chi connectivity index (χ1) is 37.8. The Morgan fingerprint density at radius 1 is 0.338 bits per heavy atom. The molecule has 0 saturated carbocycles. The minimum atomic E-state index is -0.149. The van der Waals surface area contributed by atoms with Gasteiger partial charge >= 0.3 is 0 Å². The third-order valence-electron chi connectivity index (χ3n) is 15.0. The Bertz CT molecular complexity index is 4030. The van der Waals surface area contributed by atoms with E-state index in [2.05, 4.69) is 303 Å². The molecule has 0 unspecified atom stereocenters. The minimum Gasteiger partial charge on any atom is -0.311 e. The molecule has 1 aliphatic carbocycles. The summed E-state index contributed by atoms with van der Waals surface area (Å²) in [5.41, 5.74) is 20.2. The van der Waals surface area contributed by atoms with E-state index in [4.69, 9.17) is 0 Å². The largest absolute Gasteiger partial charge is 0.311 e. The van der Waals surface area contributed by atoms with Crippen molar-refractivity contribution in [2.24, 2.45) is 0 Å². The predicted molar refractivity (Wildman–Crippen MR) is 329 cm³/mol. The molecule has 0 radical (unpaired) electrons. The average Bonchev–Trinajstić information content (AvgIpc) is 4.15. The molecule has 1 aromatic heterocycles. The lowest BCUT2D eigenvalue weighted by Gasteiger charge is -2.28. The van der Waals surface area contributed by atoms with Crippen molar-refractivity contribution < 1.29 is 0 Å². The van der Waals surface area contributed by atoms with Crippen LogP contribution in [0.4, 0.5) is 34.1 Å². The summed E-state index contributed by atoms with van der Waals surface area (Å²) in [6.07, 6.45) is 1.25. The Labute approximate surface area is 461 Å². The van der Waals surface area contributed by atoms with Crippen LogP contribution in [0.2, 0.25) is 0 Å². The summed E-state index contributed by atoms with van der Waals surface area (Å²) in [6.45, 7) is 9.06. The van der Waals surface area contributed by atoms with Crippen molar-refractivity contribution in [3.8, 4) is 39.1 Å². The van der Waals surface area contributed by atoms with Crippen molar-refractivity contribution in [2.45, 2.75) is 59.1 Å². The van der Waals surface area contributed by atoms with Crippen LogP contribution in [0.3, 0.4) is 0 Å². The molecule has 5 heteroatoms. The van der Waals surface area contributed by atoms with Gasteiger partial charge in [0.15, 0.2) is 0 Å². The van der Waals surface area contributed by atoms with E-state index in [1.165, 1.54) is 86.8 Å². The Morgan fingerprint density at radius 3 is 1.23 bits per heavy atom. The molecule has 1 aliphatic heterocycles. The van der Waals surface area contributed by atoms with Gasteiger partial charge in [-0.25, -0.2) is 0 Å². The second-order valence-electron chi connectivity index (χ2n) is 20.5. The number of benzene rings is 11. The van der Waals surface area contributed by atoms with E-state index in [9.17, 15) is 0 Å². The zero-order valence-electron chi connectivity index (χ0n) is 43.7. The maximum absolute atomic E-state index is 2.49. The smallest absolute Gasteiger partial charge is 0.0544 e. The molecule has 0 saturated heterocycles. The maximum atomic E-state index is 2.49. The van der Waals surface area contributed by atoms with Crippen LogP contribution in [0.1, 0.15) is 45.2 Å². The highest BCUT2D eigenvalue weighted by Gasteiger charge is 2.38. The molecule has 0 bridgehead atoms. The van der Waals surface area contributed by atoms with Gasteiger partial charge in [-0.05, 0) is 172 Å². The van der Waals surface area contributed by atoms with Crippen LogP contribution in [0.5, 0.6) is 0 Å². The normalized spacial score (nSPS) is 12.7. The number of fused-ring (bicyclic) bond motifs is 8. The lowest BCUT2D eigenvalue weighted by molar-refractivity contribution is 0.658. The highest BCUT2D eigenvalue weighted by molar-refractivity contribution is 8.05. The summed E-state index contributed by atoms with van der Waals surface area (Å²) < 4.78 is 2.47. The summed E-state index contributed by atoms with van der Waals surface area (Å²) in [7, 11) is 0. The minimum absolute atomic E-state index is 0.149. The predicted octanol–water partition coefficient (Wildman–Crippen LogP) is 21.4. The molecular weight excluding hydrogens is 971 g/mol. The van der Waals surface area contributed by atoms with Gasteiger partial charge in [-0.1, -0.05) is 191 Å². The molecule has 14 rings (SSSR count). The molecule has 0 N–H and O–H groups in total. The van der Waals surface area contributed by atoms with E-state index in [0.717, 1.165) is 45.4 Å². The first-order valence-electron chi connectivity index (χ1n) is 26.7. The topological polar surface area (TPSA) is 11.4 Å². The van der Waals surface area contributed by atoms with E-state index >= 15 is 0 Å². The first-order valence-corrected chi connectivity index (χ1v) is 28.4. The van der Waals surface area contributed by atoms with Gasteiger partial charge in [0.2, 0.25) is 0 Å². The quantitative estimate of drug-likeness (QED) is 0.143. The van der Waals surface area contributed by atoms with Crippen LogP contribution in [0, 0.1) is 0 Å². The number of nitrogens with zero attached hydrogens (tertiary/aromatic N) is 3. The van der Waals surface area contributed by atoms with Gasteiger partial charge in [0.05, 0.1) is 11.0 Å². The van der Waals surface area contributed by atoms with Crippen molar-refractivity contribution >= 4 is 79.5 Å². The highest BCUT2D eigenvalue weighted by atomic mass is 32.2. The number of para-hydroxylation sites is 3. The lowest BCUT2D eigenvalue weighted by Crippen LogP contribution is -2.15. The molecule has 12 aromatic rings. The van der Waals surface area contributed by atoms with E-state index < -0.39 is 0 Å². The molecule has 2 heterocycles. The van der Waals surface area contributed by atoms with E-state index in [1.54, 1.807) is 0 Å². The summed E-state index contributed by atoms with van der Waals surface area (Å²) >= 11 is 3.81. The van der Waals surface area contributed by atoms with Crippen LogP contribution in [-0.2, 0) is 5.41 Å². The van der Waals surface area contributed by atoms with Crippen LogP contribution >= 0.6 is 23.5 Å². The molecule has 0 amide bonds. The maximum Gasteiger partial charge on any atom is 0.0544 e. The first kappa shape index (κ1) is 48.2. The molecule has 0 atom stereocenters. The molecule has 0 spiro atoms. The molecule has 372 valence electrons. The van der Waals surface area contributed by atoms with Crippen molar-refractivity contribution in [2.75, 3.05) is 9.80 Å². The molecule has 11 aromatic carbocycles. The van der Waals surface area contributed by atoms with Gasteiger partial charge in [0, 0.05) is 75.6 Å². The van der Waals surface area contributed by atoms with Gasteiger partial charge in [0.25, 0.3) is 0 Å². The van der Waals surface area contributed by atoms with Gasteiger partial charge < -0.3 is 14.4 Å². The van der Waals surface area contributed by atoms with Crippen molar-refractivity contribution in [3.63, 3.8) is 0 Å². The molecule has 0 fully saturated rings. The molecule has 77 heavy (non-hydrogen) atoms. The number of hydrogen-bond donors (Lipinski definition) is 0. The second kappa shape index (κ2) is 20.2. The molecular formula is C72H57N3S2. The fourth-order valence-corrected chi connectivity index (χ4v) is 13.6. The van der Waals surface area contributed by atoms with Gasteiger partial charge in [-0.15, -0.1) is 0 Å². The van der Waals surface area contributed by atoms with Crippen molar-refractivity contribution in [3.05, 3.63) is 272 Å². The van der Waals surface area contributed by atoms with E-state index in [1.807, 2.05) is 23.5 Å². The number of anilines is 6. The van der Waals surface area contributed by atoms with E-state index in [0.29, 0.717) is 0 Å². The number of hydrogen-bond acceptors (Lipinski definition) is 4. The van der Waals surface area contributed by atoms with Crippen molar-refractivity contribution in [1.29, 1.82) is 0 Å². The lowest BCUT2D eigenvalue weighted by atomic mass is 9.82. The monoisotopic (exact) mass is 1030 g/mol. The van der Waals surface area contributed by atoms with E-state index in [-0.39, 0.29) is 5.41 Å². The zero-order valence-corrected chi connectivity index (χ0v) is 45.3. The number of aromatic nitrogens is 1. The molecule has 3 nitrogen and oxygen atoms in total. The Balaban J connectivity index is 0.00000185. The van der Waals surface area contributed by atoms with Crippen molar-refractivity contribution in [1.82, 2.24) is 4.57 Å². The Kier molecular flexibility index (Phi) is 12.7. The second-order valence-corrected chi connectivity index (χ2v) is 22.6. The van der Waals surface area contributed by atoms with Gasteiger partial charge in [0.1, 0.15) is 0 Å². The average molecular weight is 1030 g/mol. The van der Waals surface area contributed by atoms with Crippen LogP contribution < -0.4 is 9.80 Å². The van der Waals surface area contributed by atoms with Crippen LogP contribution in [0.25, 0.3) is 60.9 Å². The molecule has 2 aliphatic rings. The standard InChI is InChI=1S/C69H49N3S2.C3H8/c1-69(2)61-44-64-60(42-58(61)59-43-67-68(45-62(59)69)74-66-25-15-14-24-65(66)73-67)57-22-12-13-23-63(57)72(64)56-36-30-49(31-37-56)48-28-34-53(35-29-48)71(52-32-26-47(27-33-52)46-16-6-3-7-17-46)55-40-38-54(39-41-55)70(50-18-8-4-9-19-50)51-20-10-5-11-21-51;1-3-2/h3-45H,1-2H3;3H2,1-2H3. The number of rotatable bonds is 9. The summed E-state index contributed by atoms with van der Waals surface area (Å²) in [5, 5.41) is 2.55. The Hall–Kier alpha value is -8.48. The third kappa shape index (κ3) is 8.80. The summed E-state index contributed by atoms with van der Waals surface area (Å²) in [6, 6.07) is 95.3. The zero-order chi connectivity index (χ0) is 52.0. The Morgan fingerprint density at radius 2 is 0.714 bits per heavy atom. The fourth-order valence-electron chi connectivity index (χ4n) is 11.3.